The fraction of sp³-hybridized carbons (Fsp3) is 0.0556. The first kappa shape index (κ1) is 17.4. The van der Waals surface area contributed by atoms with Crippen LogP contribution in [-0.2, 0) is 6.18 Å². The molecule has 26 heavy (non-hydrogen) atoms. The van der Waals surface area contributed by atoms with E-state index in [1.54, 1.807) is 12.1 Å². The largest absolute Gasteiger partial charge is 0.416 e. The molecule has 1 heterocycles. The van der Waals surface area contributed by atoms with Gasteiger partial charge in [-0.15, -0.1) is 10.2 Å². The third-order valence-electron chi connectivity index (χ3n) is 3.43. The minimum atomic E-state index is -4.44. The maximum atomic E-state index is 12.5. The first-order valence-corrected chi connectivity index (χ1v) is 7.56. The maximum absolute atomic E-state index is 12.5. The molecule has 0 unspecified atom stereocenters. The number of anilines is 3. The summed E-state index contributed by atoms with van der Waals surface area (Å²) >= 11 is 0. The highest BCUT2D eigenvalue weighted by Gasteiger charge is 2.30. The Bertz CT molecular complexity index is 879. The Morgan fingerprint density at radius 3 is 2.00 bits per heavy atom. The number of aromatic nitrogens is 2. The fourth-order valence-corrected chi connectivity index (χ4v) is 2.13. The Kier molecular flexibility index (Phi) is 4.83. The van der Waals surface area contributed by atoms with Crippen molar-refractivity contribution in [2.45, 2.75) is 6.18 Å². The van der Waals surface area contributed by atoms with E-state index in [9.17, 15) is 18.0 Å². The number of para-hydroxylation sites is 1. The first-order chi connectivity index (χ1) is 12.4. The summed E-state index contributed by atoms with van der Waals surface area (Å²) in [6.45, 7) is 0. The molecule has 5 nitrogen and oxygen atoms in total. The Balaban J connectivity index is 1.64. The van der Waals surface area contributed by atoms with E-state index in [2.05, 4.69) is 20.8 Å². The van der Waals surface area contributed by atoms with Crippen molar-refractivity contribution in [1.29, 1.82) is 0 Å². The van der Waals surface area contributed by atoms with Crippen molar-refractivity contribution in [3.63, 3.8) is 0 Å². The molecule has 3 aromatic rings. The van der Waals surface area contributed by atoms with E-state index >= 15 is 0 Å². The lowest BCUT2D eigenvalue weighted by molar-refractivity contribution is -0.137. The molecule has 1 amide bonds. The molecule has 0 spiro atoms. The number of hydrogen-bond acceptors (Lipinski definition) is 4. The monoisotopic (exact) mass is 358 g/mol. The smallest absolute Gasteiger partial charge is 0.339 e. The first-order valence-electron chi connectivity index (χ1n) is 7.56. The van der Waals surface area contributed by atoms with E-state index in [0.29, 0.717) is 5.82 Å². The van der Waals surface area contributed by atoms with Crippen molar-refractivity contribution in [2.75, 3.05) is 10.6 Å². The SMILES string of the molecule is O=C(Nc1ccc(Nc2ccccc2)nn1)c1ccc(C(F)(F)F)cc1. The highest BCUT2D eigenvalue weighted by molar-refractivity contribution is 6.03. The van der Waals surface area contributed by atoms with Crippen LogP contribution in [0.1, 0.15) is 15.9 Å². The standard InChI is InChI=1S/C18H13F3N4O/c19-18(20,21)13-8-6-12(7-9-13)17(26)23-16-11-10-15(24-25-16)22-14-4-2-1-3-5-14/h1-11H,(H,22,24)(H,23,25,26). The van der Waals surface area contributed by atoms with E-state index in [1.807, 2.05) is 30.3 Å². The third-order valence-corrected chi connectivity index (χ3v) is 3.43. The van der Waals surface area contributed by atoms with Crippen LogP contribution in [0.4, 0.5) is 30.5 Å². The number of hydrogen-bond donors (Lipinski definition) is 2. The quantitative estimate of drug-likeness (QED) is 0.721. The number of nitrogens with one attached hydrogen (secondary N) is 2. The highest BCUT2D eigenvalue weighted by atomic mass is 19.4. The zero-order chi connectivity index (χ0) is 18.6. The van der Waals surface area contributed by atoms with E-state index in [0.717, 1.165) is 30.0 Å². The van der Waals surface area contributed by atoms with Crippen LogP contribution in [0, 0.1) is 0 Å². The highest BCUT2D eigenvalue weighted by Crippen LogP contribution is 2.29. The van der Waals surface area contributed by atoms with E-state index in [4.69, 9.17) is 0 Å². The lowest BCUT2D eigenvalue weighted by Gasteiger charge is -2.08. The van der Waals surface area contributed by atoms with Crippen molar-refractivity contribution in [3.8, 4) is 0 Å². The van der Waals surface area contributed by atoms with Crippen LogP contribution in [0.25, 0.3) is 0 Å². The van der Waals surface area contributed by atoms with Gasteiger partial charge in [0.05, 0.1) is 5.56 Å². The zero-order valence-electron chi connectivity index (χ0n) is 13.3. The molecule has 3 rings (SSSR count). The summed E-state index contributed by atoms with van der Waals surface area (Å²) in [4.78, 5) is 12.1. The number of carbonyl (C=O) groups excluding carboxylic acids is 1. The molecule has 0 saturated heterocycles. The predicted molar refractivity (Wildman–Crippen MR) is 91.2 cm³/mol. The van der Waals surface area contributed by atoms with Crippen molar-refractivity contribution in [1.82, 2.24) is 10.2 Å². The molecule has 8 heteroatoms. The van der Waals surface area contributed by atoms with Crippen molar-refractivity contribution in [2.24, 2.45) is 0 Å². The molecule has 0 aliphatic heterocycles. The van der Waals surface area contributed by atoms with Crippen LogP contribution in [0.2, 0.25) is 0 Å². The van der Waals surface area contributed by atoms with Crippen LogP contribution in [0.15, 0.2) is 66.7 Å². The molecule has 0 bridgehead atoms. The van der Waals surface area contributed by atoms with Gasteiger partial charge in [-0.05, 0) is 48.5 Å². The number of halogens is 3. The van der Waals surface area contributed by atoms with Gasteiger partial charge in [-0.1, -0.05) is 18.2 Å². The Labute approximate surface area is 146 Å². The van der Waals surface area contributed by atoms with Crippen LogP contribution in [0.5, 0.6) is 0 Å². The van der Waals surface area contributed by atoms with Gasteiger partial charge in [0.1, 0.15) is 0 Å². The normalized spacial score (nSPS) is 11.0. The van der Waals surface area contributed by atoms with Crippen LogP contribution in [-0.4, -0.2) is 16.1 Å². The molecule has 0 saturated carbocycles. The molecule has 0 radical (unpaired) electrons. The molecule has 132 valence electrons. The lowest BCUT2D eigenvalue weighted by Crippen LogP contribution is -2.14. The molecule has 2 aromatic carbocycles. The second-order valence-corrected chi connectivity index (χ2v) is 5.32. The zero-order valence-corrected chi connectivity index (χ0v) is 13.3. The minimum Gasteiger partial charge on any atom is -0.339 e. The fourth-order valence-electron chi connectivity index (χ4n) is 2.13. The predicted octanol–water partition coefficient (Wildman–Crippen LogP) is 4.49. The van der Waals surface area contributed by atoms with Gasteiger partial charge in [-0.25, -0.2) is 0 Å². The maximum Gasteiger partial charge on any atom is 0.416 e. The van der Waals surface area contributed by atoms with Crippen molar-refractivity contribution in [3.05, 3.63) is 77.9 Å². The van der Waals surface area contributed by atoms with Gasteiger partial charge in [0.2, 0.25) is 0 Å². The van der Waals surface area contributed by atoms with Gasteiger partial charge in [-0.2, -0.15) is 13.2 Å². The number of nitrogens with zero attached hydrogens (tertiary/aromatic N) is 2. The number of rotatable bonds is 4. The minimum absolute atomic E-state index is 0.0892. The summed E-state index contributed by atoms with van der Waals surface area (Å²) in [5.41, 5.74) is 0.111. The summed E-state index contributed by atoms with van der Waals surface area (Å²) in [7, 11) is 0. The Hall–Kier alpha value is -3.42. The molecule has 0 fully saturated rings. The van der Waals surface area contributed by atoms with Crippen molar-refractivity contribution < 1.29 is 18.0 Å². The second kappa shape index (κ2) is 7.22. The summed E-state index contributed by atoms with van der Waals surface area (Å²) in [5, 5.41) is 13.3. The Morgan fingerprint density at radius 1 is 0.808 bits per heavy atom. The molecular weight excluding hydrogens is 345 g/mol. The molecule has 0 aliphatic rings. The number of alkyl halides is 3. The lowest BCUT2D eigenvalue weighted by atomic mass is 10.1. The number of carbonyl (C=O) groups is 1. The summed E-state index contributed by atoms with van der Waals surface area (Å²) in [6, 6.07) is 16.4. The van der Waals surface area contributed by atoms with Gasteiger partial charge in [0.25, 0.3) is 5.91 Å². The molecule has 0 aliphatic carbocycles. The Morgan fingerprint density at radius 2 is 1.42 bits per heavy atom. The van der Waals surface area contributed by atoms with E-state index in [1.165, 1.54) is 0 Å². The third kappa shape index (κ3) is 4.35. The average Bonchev–Trinajstić information content (AvgIpc) is 2.63. The van der Waals surface area contributed by atoms with Crippen LogP contribution in [0.3, 0.4) is 0 Å². The van der Waals surface area contributed by atoms with Gasteiger partial charge in [0.15, 0.2) is 11.6 Å². The summed E-state index contributed by atoms with van der Waals surface area (Å²) in [6.07, 6.45) is -4.44. The van der Waals surface area contributed by atoms with E-state index in [-0.39, 0.29) is 11.4 Å². The molecule has 0 atom stereocenters. The van der Waals surface area contributed by atoms with Crippen molar-refractivity contribution >= 4 is 23.2 Å². The van der Waals surface area contributed by atoms with Gasteiger partial charge in [0, 0.05) is 11.3 Å². The van der Waals surface area contributed by atoms with Gasteiger partial charge >= 0.3 is 6.18 Å². The van der Waals surface area contributed by atoms with Gasteiger partial charge < -0.3 is 10.6 Å². The second-order valence-electron chi connectivity index (χ2n) is 5.32. The van der Waals surface area contributed by atoms with Crippen LogP contribution >= 0.6 is 0 Å². The molecule has 2 N–H and O–H groups in total. The summed E-state index contributed by atoms with van der Waals surface area (Å²) < 4.78 is 37.6. The summed E-state index contributed by atoms with van der Waals surface area (Å²) in [5.74, 6) is 0.106. The van der Waals surface area contributed by atoms with Gasteiger partial charge in [-0.3, -0.25) is 4.79 Å². The number of amides is 1. The van der Waals surface area contributed by atoms with E-state index < -0.39 is 17.6 Å². The van der Waals surface area contributed by atoms with Crippen LogP contribution < -0.4 is 10.6 Å². The average molecular weight is 358 g/mol. The number of benzene rings is 2. The molecule has 1 aromatic heterocycles. The topological polar surface area (TPSA) is 66.9 Å². The molecular formula is C18H13F3N4O.